The van der Waals surface area contributed by atoms with Gasteiger partial charge in [-0.15, -0.1) is 0 Å². The molecule has 1 spiro atoms. The van der Waals surface area contributed by atoms with Gasteiger partial charge in [0, 0.05) is 18.3 Å². The topological polar surface area (TPSA) is 43.4 Å². The lowest BCUT2D eigenvalue weighted by atomic mass is 9.54. The Hall–Kier alpha value is -1.38. The van der Waals surface area contributed by atoms with Crippen LogP contribution >= 0.6 is 0 Å². The Morgan fingerprint density at radius 3 is 2.67 bits per heavy atom. The molecule has 1 heterocycles. The Morgan fingerprint density at radius 1 is 1.00 bits per heavy atom. The van der Waals surface area contributed by atoms with E-state index in [9.17, 15) is 9.59 Å². The van der Waals surface area contributed by atoms with Gasteiger partial charge in [0.25, 0.3) is 0 Å². The fourth-order valence-electron chi connectivity index (χ4n) is 6.83. The highest BCUT2D eigenvalue weighted by molar-refractivity contribution is 5.93. The molecule has 0 N–H and O–H groups in total. The van der Waals surface area contributed by atoms with Gasteiger partial charge in [0.15, 0.2) is 5.78 Å². The highest BCUT2D eigenvalue weighted by Crippen LogP contribution is 2.66. The lowest BCUT2D eigenvalue weighted by Gasteiger charge is -2.51. The molecular formula is C21H26O3. The largest absolute Gasteiger partial charge is 0.458 e. The van der Waals surface area contributed by atoms with Crippen molar-refractivity contribution in [3.8, 4) is 0 Å². The third-order valence-corrected chi connectivity index (χ3v) is 8.06. The minimum Gasteiger partial charge on any atom is -0.458 e. The van der Waals surface area contributed by atoms with Gasteiger partial charge >= 0.3 is 5.97 Å². The Labute approximate surface area is 143 Å². The third-order valence-electron chi connectivity index (χ3n) is 8.06. The van der Waals surface area contributed by atoms with E-state index in [1.807, 2.05) is 6.08 Å². The lowest BCUT2D eigenvalue weighted by molar-refractivity contribution is -0.161. The molecule has 3 heteroatoms. The van der Waals surface area contributed by atoms with Crippen molar-refractivity contribution in [3.05, 3.63) is 22.8 Å². The predicted octanol–water partition coefficient (Wildman–Crippen LogP) is 4.27. The summed E-state index contributed by atoms with van der Waals surface area (Å²) in [5, 5.41) is 0. The number of ether oxygens (including phenoxy) is 1. The van der Waals surface area contributed by atoms with Crippen LogP contribution < -0.4 is 0 Å². The molecule has 0 aromatic rings. The maximum atomic E-state index is 11.9. The van der Waals surface area contributed by atoms with E-state index in [0.717, 1.165) is 38.5 Å². The van der Waals surface area contributed by atoms with E-state index < -0.39 is 0 Å². The average Bonchev–Trinajstić information content (AvgIpc) is 3.08. The molecule has 5 rings (SSSR count). The Kier molecular flexibility index (Phi) is 3.00. The van der Waals surface area contributed by atoms with Gasteiger partial charge < -0.3 is 4.74 Å². The van der Waals surface area contributed by atoms with Crippen molar-refractivity contribution in [1.82, 2.24) is 0 Å². The van der Waals surface area contributed by atoms with Gasteiger partial charge in [-0.3, -0.25) is 9.59 Å². The van der Waals surface area contributed by atoms with Crippen LogP contribution in [-0.4, -0.2) is 17.4 Å². The SMILES string of the molecule is CC12CCC3=C4CCC(=O)C=C4CCC3C1CC[C@@]21CCC(=O)O1. The number of carbonyl (C=O) groups is 2. The van der Waals surface area contributed by atoms with E-state index in [2.05, 4.69) is 6.92 Å². The highest BCUT2D eigenvalue weighted by Gasteiger charge is 2.64. The zero-order valence-corrected chi connectivity index (χ0v) is 14.5. The number of esters is 1. The van der Waals surface area contributed by atoms with Crippen molar-refractivity contribution < 1.29 is 14.3 Å². The molecule has 1 aliphatic heterocycles. The van der Waals surface area contributed by atoms with Crippen molar-refractivity contribution in [2.75, 3.05) is 0 Å². The van der Waals surface area contributed by atoms with Crippen LogP contribution in [0.5, 0.6) is 0 Å². The number of hydrogen-bond donors (Lipinski definition) is 0. The predicted molar refractivity (Wildman–Crippen MR) is 90.2 cm³/mol. The van der Waals surface area contributed by atoms with E-state index in [0.29, 0.717) is 30.5 Å². The standard InChI is InChI=1S/C21H26O3/c1-20-9-6-16-15-5-3-14(22)12-13(15)2-4-17(16)18(20)7-10-21(20)11-8-19(23)24-21/h12,17-18H,2-11H2,1H3/t17?,18?,20?,21-/m1/s1. The number of hydrogen-bond acceptors (Lipinski definition) is 3. The second kappa shape index (κ2) is 4.83. The molecule has 3 unspecified atom stereocenters. The third kappa shape index (κ3) is 1.79. The molecule has 0 bridgehead atoms. The summed E-state index contributed by atoms with van der Waals surface area (Å²) in [6.07, 6.45) is 11.9. The summed E-state index contributed by atoms with van der Waals surface area (Å²) < 4.78 is 5.97. The normalized spacial score (nSPS) is 44.1. The maximum absolute atomic E-state index is 11.9. The fraction of sp³-hybridized carbons (Fsp3) is 0.714. The molecule has 0 radical (unpaired) electrons. The van der Waals surface area contributed by atoms with Crippen LogP contribution in [0.25, 0.3) is 0 Å². The molecule has 1 saturated heterocycles. The van der Waals surface area contributed by atoms with Crippen LogP contribution in [0.2, 0.25) is 0 Å². The zero-order chi connectivity index (χ0) is 16.5. The van der Waals surface area contributed by atoms with E-state index in [4.69, 9.17) is 4.74 Å². The zero-order valence-electron chi connectivity index (χ0n) is 14.5. The number of carbonyl (C=O) groups excluding carboxylic acids is 2. The van der Waals surface area contributed by atoms with Gasteiger partial charge in [-0.2, -0.15) is 0 Å². The number of allylic oxidation sites excluding steroid dienone is 4. The molecule has 5 aliphatic rings. The number of rotatable bonds is 0. The van der Waals surface area contributed by atoms with Gasteiger partial charge in [0.2, 0.25) is 0 Å². The van der Waals surface area contributed by atoms with Crippen LogP contribution in [0.4, 0.5) is 0 Å². The first-order valence-corrected chi connectivity index (χ1v) is 9.70. The van der Waals surface area contributed by atoms with Gasteiger partial charge in [-0.05, 0) is 80.4 Å². The van der Waals surface area contributed by atoms with E-state index in [1.165, 1.54) is 24.0 Å². The molecular weight excluding hydrogens is 300 g/mol. The maximum Gasteiger partial charge on any atom is 0.306 e. The molecule has 0 amide bonds. The second-order valence-corrected chi connectivity index (χ2v) is 8.82. The number of ketones is 1. The van der Waals surface area contributed by atoms with E-state index in [1.54, 1.807) is 5.57 Å². The Balaban J connectivity index is 1.53. The average molecular weight is 326 g/mol. The van der Waals surface area contributed by atoms with Gasteiger partial charge in [-0.1, -0.05) is 12.5 Å². The minimum atomic E-state index is -0.177. The first kappa shape index (κ1) is 14.9. The van der Waals surface area contributed by atoms with Gasteiger partial charge in [0.1, 0.15) is 5.60 Å². The summed E-state index contributed by atoms with van der Waals surface area (Å²) >= 11 is 0. The van der Waals surface area contributed by atoms with Crippen LogP contribution in [0.15, 0.2) is 22.8 Å². The molecule has 3 nitrogen and oxygen atoms in total. The van der Waals surface area contributed by atoms with E-state index >= 15 is 0 Å². The van der Waals surface area contributed by atoms with Gasteiger partial charge in [0.05, 0.1) is 0 Å². The summed E-state index contributed by atoms with van der Waals surface area (Å²) in [4.78, 5) is 23.6. The molecule has 128 valence electrons. The van der Waals surface area contributed by atoms with Crippen LogP contribution in [0.1, 0.15) is 71.1 Å². The first-order valence-electron chi connectivity index (χ1n) is 9.70. The van der Waals surface area contributed by atoms with Crippen molar-refractivity contribution in [1.29, 1.82) is 0 Å². The summed E-state index contributed by atoms with van der Waals surface area (Å²) in [6.45, 7) is 2.40. The summed E-state index contributed by atoms with van der Waals surface area (Å²) in [7, 11) is 0. The van der Waals surface area contributed by atoms with Gasteiger partial charge in [-0.25, -0.2) is 0 Å². The van der Waals surface area contributed by atoms with Crippen LogP contribution in [-0.2, 0) is 14.3 Å². The molecule has 4 aliphatic carbocycles. The minimum absolute atomic E-state index is 0.0145. The molecule has 0 aromatic heterocycles. The Bertz CT molecular complexity index is 700. The van der Waals surface area contributed by atoms with Crippen LogP contribution in [0.3, 0.4) is 0 Å². The first-order chi connectivity index (χ1) is 11.5. The molecule has 2 saturated carbocycles. The monoisotopic (exact) mass is 326 g/mol. The molecule has 24 heavy (non-hydrogen) atoms. The summed E-state index contributed by atoms with van der Waals surface area (Å²) in [6, 6.07) is 0. The highest BCUT2D eigenvalue weighted by atomic mass is 16.6. The fourth-order valence-corrected chi connectivity index (χ4v) is 6.83. The molecule has 3 fully saturated rings. The molecule has 0 aromatic carbocycles. The Morgan fingerprint density at radius 2 is 1.88 bits per heavy atom. The molecule has 4 atom stereocenters. The van der Waals surface area contributed by atoms with Crippen molar-refractivity contribution in [2.45, 2.75) is 76.7 Å². The quantitative estimate of drug-likeness (QED) is 0.624. The second-order valence-electron chi connectivity index (χ2n) is 8.82. The summed E-state index contributed by atoms with van der Waals surface area (Å²) in [5.41, 5.74) is 4.49. The van der Waals surface area contributed by atoms with E-state index in [-0.39, 0.29) is 17.0 Å². The lowest BCUT2D eigenvalue weighted by Crippen LogP contribution is -2.49. The van der Waals surface area contributed by atoms with Crippen LogP contribution in [0, 0.1) is 17.3 Å². The number of fused-ring (bicyclic) bond motifs is 5. The smallest absolute Gasteiger partial charge is 0.306 e. The van der Waals surface area contributed by atoms with Crippen molar-refractivity contribution in [2.24, 2.45) is 17.3 Å². The van der Waals surface area contributed by atoms with Crippen molar-refractivity contribution in [3.63, 3.8) is 0 Å². The summed E-state index contributed by atoms with van der Waals surface area (Å²) in [5.74, 6) is 1.63. The van der Waals surface area contributed by atoms with Crippen molar-refractivity contribution >= 4 is 11.8 Å².